The zero-order chi connectivity index (χ0) is 12.6. The van der Waals surface area contributed by atoms with E-state index < -0.39 is 0 Å². The first-order chi connectivity index (χ1) is 8.90. The first-order valence-electron chi connectivity index (χ1n) is 5.60. The van der Waals surface area contributed by atoms with Crippen LogP contribution in [0.2, 0.25) is 0 Å². The van der Waals surface area contributed by atoms with Crippen molar-refractivity contribution in [3.63, 3.8) is 0 Å². The number of benzene rings is 1. The maximum Gasteiger partial charge on any atom is 0.240 e. The van der Waals surface area contributed by atoms with E-state index in [1.807, 2.05) is 24.3 Å². The number of ether oxygens (including phenoxy) is 1. The van der Waals surface area contributed by atoms with Crippen LogP contribution in [0, 0.1) is 0 Å². The predicted octanol–water partition coefficient (Wildman–Crippen LogP) is 2.67. The SMILES string of the molecule is O=C=Nc1ccccc1OCCc1ccccn1. The average molecular weight is 240 g/mol. The van der Waals surface area contributed by atoms with E-state index in [2.05, 4.69) is 9.98 Å². The van der Waals surface area contributed by atoms with Gasteiger partial charge in [-0.15, -0.1) is 0 Å². The molecule has 0 N–H and O–H groups in total. The lowest BCUT2D eigenvalue weighted by Crippen LogP contribution is -2.02. The number of aromatic nitrogens is 1. The van der Waals surface area contributed by atoms with E-state index >= 15 is 0 Å². The van der Waals surface area contributed by atoms with Gasteiger partial charge in [0.2, 0.25) is 6.08 Å². The number of nitrogens with zero attached hydrogens (tertiary/aromatic N) is 2. The summed E-state index contributed by atoms with van der Waals surface area (Å²) in [5, 5.41) is 0. The molecule has 1 aromatic carbocycles. The van der Waals surface area contributed by atoms with E-state index in [1.165, 1.54) is 6.08 Å². The quantitative estimate of drug-likeness (QED) is 0.596. The molecule has 0 radical (unpaired) electrons. The van der Waals surface area contributed by atoms with Crippen LogP contribution in [0.5, 0.6) is 5.75 Å². The minimum absolute atomic E-state index is 0.488. The summed E-state index contributed by atoms with van der Waals surface area (Å²) in [5.74, 6) is 0.580. The van der Waals surface area contributed by atoms with Gasteiger partial charge < -0.3 is 4.74 Å². The summed E-state index contributed by atoms with van der Waals surface area (Å²) >= 11 is 0. The average Bonchev–Trinajstić information content (AvgIpc) is 2.42. The van der Waals surface area contributed by atoms with Crippen LogP contribution in [-0.4, -0.2) is 17.7 Å². The van der Waals surface area contributed by atoms with Gasteiger partial charge in [-0.25, -0.2) is 4.79 Å². The Hall–Kier alpha value is -2.45. The molecule has 0 bridgehead atoms. The molecule has 4 nitrogen and oxygen atoms in total. The van der Waals surface area contributed by atoms with Crippen molar-refractivity contribution in [2.75, 3.05) is 6.61 Å². The van der Waals surface area contributed by atoms with Crippen LogP contribution in [0.1, 0.15) is 5.69 Å². The smallest absolute Gasteiger partial charge is 0.240 e. The molecule has 0 unspecified atom stereocenters. The fourth-order valence-corrected chi connectivity index (χ4v) is 1.53. The Bertz CT molecular complexity index is 549. The van der Waals surface area contributed by atoms with Crippen molar-refractivity contribution >= 4 is 11.8 Å². The molecule has 0 aliphatic rings. The first-order valence-corrected chi connectivity index (χ1v) is 5.60. The highest BCUT2D eigenvalue weighted by Gasteiger charge is 2.01. The van der Waals surface area contributed by atoms with Crippen molar-refractivity contribution in [3.05, 3.63) is 54.4 Å². The Kier molecular flexibility index (Phi) is 4.22. The predicted molar refractivity (Wildman–Crippen MR) is 67.7 cm³/mol. The van der Waals surface area contributed by atoms with Crippen LogP contribution in [-0.2, 0) is 11.2 Å². The summed E-state index contributed by atoms with van der Waals surface area (Å²) in [4.78, 5) is 18.1. The largest absolute Gasteiger partial charge is 0.491 e. The second-order valence-corrected chi connectivity index (χ2v) is 3.59. The molecular weight excluding hydrogens is 228 g/mol. The highest BCUT2D eigenvalue weighted by molar-refractivity contribution is 5.57. The molecule has 4 heteroatoms. The third-order valence-corrected chi connectivity index (χ3v) is 2.37. The Balaban J connectivity index is 1.96. The van der Waals surface area contributed by atoms with E-state index in [0.29, 0.717) is 24.5 Å². The molecule has 2 aromatic rings. The van der Waals surface area contributed by atoms with Gasteiger partial charge >= 0.3 is 0 Å². The first kappa shape index (κ1) is 12.0. The van der Waals surface area contributed by atoms with Crippen LogP contribution >= 0.6 is 0 Å². The van der Waals surface area contributed by atoms with Gasteiger partial charge in [0.05, 0.1) is 6.61 Å². The van der Waals surface area contributed by atoms with Gasteiger partial charge in [-0.1, -0.05) is 18.2 Å². The number of isocyanates is 1. The zero-order valence-electron chi connectivity index (χ0n) is 9.74. The van der Waals surface area contributed by atoms with Crippen LogP contribution in [0.25, 0.3) is 0 Å². The Morgan fingerprint density at radius 3 is 2.78 bits per heavy atom. The van der Waals surface area contributed by atoms with Crippen molar-refractivity contribution in [3.8, 4) is 5.75 Å². The van der Waals surface area contributed by atoms with E-state index in [9.17, 15) is 4.79 Å². The summed E-state index contributed by atoms with van der Waals surface area (Å²) < 4.78 is 5.58. The number of pyridine rings is 1. The molecule has 0 fully saturated rings. The standard InChI is InChI=1S/C14H12N2O2/c17-11-16-13-6-1-2-7-14(13)18-10-8-12-5-3-4-9-15-12/h1-7,9H,8,10H2. The molecule has 90 valence electrons. The van der Waals surface area contributed by atoms with E-state index in [1.54, 1.807) is 24.4 Å². The number of hydrogen-bond acceptors (Lipinski definition) is 4. The second kappa shape index (κ2) is 6.33. The summed E-state index contributed by atoms with van der Waals surface area (Å²) in [7, 11) is 0. The third kappa shape index (κ3) is 3.27. The van der Waals surface area contributed by atoms with Crippen molar-refractivity contribution < 1.29 is 9.53 Å². The lowest BCUT2D eigenvalue weighted by Gasteiger charge is -2.07. The molecule has 0 saturated carbocycles. The molecule has 0 aliphatic carbocycles. The van der Waals surface area contributed by atoms with Crippen molar-refractivity contribution in [1.29, 1.82) is 0 Å². The van der Waals surface area contributed by atoms with Crippen molar-refractivity contribution in [2.45, 2.75) is 6.42 Å². The van der Waals surface area contributed by atoms with Gasteiger partial charge in [0.1, 0.15) is 11.4 Å². The Labute approximate surface area is 105 Å². The number of para-hydroxylation sites is 2. The molecule has 1 aromatic heterocycles. The summed E-state index contributed by atoms with van der Waals surface area (Å²) in [6.07, 6.45) is 3.97. The van der Waals surface area contributed by atoms with E-state index in [0.717, 1.165) is 5.69 Å². The summed E-state index contributed by atoms with van der Waals surface area (Å²) in [6.45, 7) is 0.488. The van der Waals surface area contributed by atoms with Crippen molar-refractivity contribution in [2.24, 2.45) is 4.99 Å². The second-order valence-electron chi connectivity index (χ2n) is 3.59. The molecule has 0 aliphatic heterocycles. The maximum atomic E-state index is 10.3. The van der Waals surface area contributed by atoms with Gasteiger partial charge in [0.25, 0.3) is 0 Å². The van der Waals surface area contributed by atoms with Gasteiger partial charge in [-0.05, 0) is 24.3 Å². The zero-order valence-corrected chi connectivity index (χ0v) is 9.74. The highest BCUT2D eigenvalue weighted by atomic mass is 16.5. The van der Waals surface area contributed by atoms with Crippen molar-refractivity contribution in [1.82, 2.24) is 4.98 Å². The molecule has 1 heterocycles. The Morgan fingerprint density at radius 2 is 2.00 bits per heavy atom. The number of hydrogen-bond donors (Lipinski definition) is 0. The van der Waals surface area contributed by atoms with E-state index in [-0.39, 0.29) is 0 Å². The number of aliphatic imine (C=N–C) groups is 1. The minimum atomic E-state index is 0.488. The Morgan fingerprint density at radius 1 is 1.17 bits per heavy atom. The van der Waals surface area contributed by atoms with Gasteiger partial charge in [-0.3, -0.25) is 4.98 Å². The molecule has 0 atom stereocenters. The van der Waals surface area contributed by atoms with Gasteiger partial charge in [0, 0.05) is 18.3 Å². The molecule has 18 heavy (non-hydrogen) atoms. The number of rotatable bonds is 5. The summed E-state index contributed by atoms with van der Waals surface area (Å²) in [5.41, 5.74) is 1.46. The lowest BCUT2D eigenvalue weighted by atomic mass is 10.3. The van der Waals surface area contributed by atoms with Crippen LogP contribution in [0.4, 0.5) is 5.69 Å². The molecule has 2 rings (SSSR count). The monoisotopic (exact) mass is 240 g/mol. The molecule has 0 saturated heterocycles. The van der Waals surface area contributed by atoms with Crippen LogP contribution in [0.3, 0.4) is 0 Å². The third-order valence-electron chi connectivity index (χ3n) is 2.37. The maximum absolute atomic E-state index is 10.3. The molecule has 0 amide bonds. The highest BCUT2D eigenvalue weighted by Crippen LogP contribution is 2.26. The van der Waals surface area contributed by atoms with Crippen LogP contribution < -0.4 is 4.74 Å². The van der Waals surface area contributed by atoms with Crippen LogP contribution in [0.15, 0.2) is 53.7 Å². The molecule has 0 spiro atoms. The minimum Gasteiger partial charge on any atom is -0.491 e. The summed E-state index contributed by atoms with van der Waals surface area (Å²) in [6, 6.07) is 12.9. The lowest BCUT2D eigenvalue weighted by molar-refractivity contribution is 0.321. The fourth-order valence-electron chi connectivity index (χ4n) is 1.53. The topological polar surface area (TPSA) is 51.5 Å². The number of carbonyl (C=O) groups excluding carboxylic acids is 1. The fraction of sp³-hybridized carbons (Fsp3) is 0.143. The van der Waals surface area contributed by atoms with Gasteiger partial charge in [0.15, 0.2) is 0 Å². The molecular formula is C14H12N2O2. The normalized spacial score (nSPS) is 9.56. The van der Waals surface area contributed by atoms with Gasteiger partial charge in [-0.2, -0.15) is 4.99 Å². The van der Waals surface area contributed by atoms with E-state index in [4.69, 9.17) is 4.74 Å².